The van der Waals surface area contributed by atoms with Crippen LogP contribution in [0, 0.1) is 23.7 Å². The van der Waals surface area contributed by atoms with Crippen LogP contribution in [0.2, 0.25) is 0 Å². The number of methoxy groups -OCH3 is 1. The number of esters is 1. The first-order chi connectivity index (χ1) is 7.72. The van der Waals surface area contributed by atoms with E-state index in [2.05, 4.69) is 5.32 Å². The molecule has 1 unspecified atom stereocenters. The topological polar surface area (TPSA) is 38.3 Å². The molecule has 2 aliphatic rings. The van der Waals surface area contributed by atoms with Crippen LogP contribution in [-0.2, 0) is 9.53 Å². The Morgan fingerprint density at radius 1 is 1.25 bits per heavy atom. The van der Waals surface area contributed by atoms with E-state index < -0.39 is 0 Å². The highest BCUT2D eigenvalue weighted by Crippen LogP contribution is 2.48. The Morgan fingerprint density at radius 3 is 2.25 bits per heavy atom. The van der Waals surface area contributed by atoms with Gasteiger partial charge in [0.15, 0.2) is 0 Å². The van der Waals surface area contributed by atoms with E-state index in [-0.39, 0.29) is 11.9 Å². The van der Waals surface area contributed by atoms with E-state index in [1.54, 1.807) is 0 Å². The summed E-state index contributed by atoms with van der Waals surface area (Å²) in [7, 11) is 1.45. The molecule has 2 rings (SSSR count). The second-order valence-corrected chi connectivity index (χ2v) is 5.42. The van der Waals surface area contributed by atoms with Crippen LogP contribution >= 0.6 is 0 Å². The highest BCUT2D eigenvalue weighted by molar-refractivity contribution is 5.71. The predicted molar refractivity (Wildman–Crippen MR) is 63.0 cm³/mol. The lowest BCUT2D eigenvalue weighted by atomic mass is 9.98. The van der Waals surface area contributed by atoms with Gasteiger partial charge in [0.2, 0.25) is 0 Å². The van der Waals surface area contributed by atoms with Gasteiger partial charge in [0, 0.05) is 6.54 Å². The Morgan fingerprint density at radius 2 is 1.81 bits per heavy atom. The average Bonchev–Trinajstić information content (AvgIpc) is 3.15. The zero-order valence-corrected chi connectivity index (χ0v) is 10.4. The minimum Gasteiger partial charge on any atom is -0.469 e. The molecule has 3 nitrogen and oxygen atoms in total. The highest BCUT2D eigenvalue weighted by Gasteiger charge is 2.40. The fraction of sp³-hybridized carbons (Fsp3) is 0.923. The summed E-state index contributed by atoms with van der Waals surface area (Å²) in [5.74, 6) is 2.71. The summed E-state index contributed by atoms with van der Waals surface area (Å²) in [6.07, 6.45) is 5.70. The molecule has 0 heterocycles. The number of carbonyl (C=O) groups is 1. The second kappa shape index (κ2) is 5.17. The maximum Gasteiger partial charge on any atom is 0.309 e. The molecule has 3 heteroatoms. The van der Waals surface area contributed by atoms with Crippen molar-refractivity contribution in [3.8, 4) is 0 Å². The Labute approximate surface area is 97.9 Å². The van der Waals surface area contributed by atoms with E-state index in [9.17, 15) is 4.79 Å². The lowest BCUT2D eigenvalue weighted by molar-refractivity contribution is -0.144. The van der Waals surface area contributed by atoms with Gasteiger partial charge in [0.25, 0.3) is 0 Å². The molecule has 0 aliphatic heterocycles. The van der Waals surface area contributed by atoms with E-state index in [1.807, 2.05) is 6.92 Å². The first-order valence-corrected chi connectivity index (χ1v) is 6.51. The molecule has 0 saturated heterocycles. The number of rotatable bonds is 7. The van der Waals surface area contributed by atoms with Crippen LogP contribution in [0.1, 0.15) is 32.6 Å². The van der Waals surface area contributed by atoms with E-state index >= 15 is 0 Å². The average molecular weight is 225 g/mol. The molecule has 1 atom stereocenters. The summed E-state index contributed by atoms with van der Waals surface area (Å²) in [6.45, 7) is 3.77. The SMILES string of the molecule is COC(=O)C(C)CNCC(C1CC1)C1CC1. The Hall–Kier alpha value is -0.570. The molecule has 0 spiro atoms. The van der Waals surface area contributed by atoms with Crippen LogP contribution in [0.3, 0.4) is 0 Å². The normalized spacial score (nSPS) is 22.2. The Kier molecular flexibility index (Phi) is 3.85. The smallest absolute Gasteiger partial charge is 0.309 e. The molecule has 2 saturated carbocycles. The van der Waals surface area contributed by atoms with Crippen molar-refractivity contribution < 1.29 is 9.53 Å². The van der Waals surface area contributed by atoms with Crippen LogP contribution in [0.4, 0.5) is 0 Å². The number of carbonyl (C=O) groups excluding carboxylic acids is 1. The second-order valence-electron chi connectivity index (χ2n) is 5.42. The molecule has 1 N–H and O–H groups in total. The zero-order chi connectivity index (χ0) is 11.5. The largest absolute Gasteiger partial charge is 0.469 e. The van der Waals surface area contributed by atoms with Gasteiger partial charge < -0.3 is 10.1 Å². The number of ether oxygens (including phenoxy) is 1. The summed E-state index contributed by atoms with van der Waals surface area (Å²) in [5.41, 5.74) is 0. The van der Waals surface area contributed by atoms with Crippen molar-refractivity contribution in [2.45, 2.75) is 32.6 Å². The van der Waals surface area contributed by atoms with E-state index in [1.165, 1.54) is 32.8 Å². The van der Waals surface area contributed by atoms with Crippen molar-refractivity contribution in [2.24, 2.45) is 23.7 Å². The third kappa shape index (κ3) is 3.21. The van der Waals surface area contributed by atoms with Gasteiger partial charge in [-0.1, -0.05) is 6.92 Å². The van der Waals surface area contributed by atoms with Crippen molar-refractivity contribution in [1.29, 1.82) is 0 Å². The summed E-state index contributed by atoms with van der Waals surface area (Å²) >= 11 is 0. The van der Waals surface area contributed by atoms with Gasteiger partial charge in [-0.25, -0.2) is 0 Å². The highest BCUT2D eigenvalue weighted by atomic mass is 16.5. The van der Waals surface area contributed by atoms with Gasteiger partial charge in [-0.15, -0.1) is 0 Å². The summed E-state index contributed by atoms with van der Waals surface area (Å²) in [6, 6.07) is 0. The first kappa shape index (κ1) is 11.9. The van der Waals surface area contributed by atoms with Gasteiger partial charge in [0.05, 0.1) is 13.0 Å². The maximum absolute atomic E-state index is 11.2. The van der Waals surface area contributed by atoms with Gasteiger partial charge in [-0.3, -0.25) is 4.79 Å². The van der Waals surface area contributed by atoms with E-state index in [0.717, 1.165) is 30.8 Å². The molecule has 0 aromatic rings. The fourth-order valence-electron chi connectivity index (χ4n) is 2.52. The van der Waals surface area contributed by atoms with Crippen LogP contribution in [-0.4, -0.2) is 26.2 Å². The summed E-state index contributed by atoms with van der Waals surface area (Å²) < 4.78 is 4.71. The van der Waals surface area contributed by atoms with Crippen molar-refractivity contribution in [2.75, 3.05) is 20.2 Å². The minimum absolute atomic E-state index is 0.0240. The van der Waals surface area contributed by atoms with Gasteiger partial charge in [-0.2, -0.15) is 0 Å². The standard InChI is InChI=1S/C13H23NO2/c1-9(13(15)16-2)7-14-8-12(10-3-4-10)11-5-6-11/h9-12,14H,3-8H2,1-2H3. The van der Waals surface area contributed by atoms with E-state index in [0.29, 0.717) is 0 Å². The van der Waals surface area contributed by atoms with Gasteiger partial charge in [-0.05, 0) is 50.0 Å². The fourth-order valence-corrected chi connectivity index (χ4v) is 2.52. The first-order valence-electron chi connectivity index (χ1n) is 6.51. The summed E-state index contributed by atoms with van der Waals surface area (Å²) in [5, 5.41) is 3.44. The van der Waals surface area contributed by atoms with Gasteiger partial charge in [0.1, 0.15) is 0 Å². The molecule has 2 fully saturated rings. The van der Waals surface area contributed by atoms with Crippen LogP contribution in [0.15, 0.2) is 0 Å². The third-order valence-electron chi connectivity index (χ3n) is 3.89. The molecular formula is C13H23NO2. The number of hydrogen-bond donors (Lipinski definition) is 1. The van der Waals surface area contributed by atoms with Crippen LogP contribution < -0.4 is 5.32 Å². The van der Waals surface area contributed by atoms with Gasteiger partial charge >= 0.3 is 5.97 Å². The molecule has 16 heavy (non-hydrogen) atoms. The summed E-state index contributed by atoms with van der Waals surface area (Å²) in [4.78, 5) is 11.2. The van der Waals surface area contributed by atoms with Crippen molar-refractivity contribution in [1.82, 2.24) is 5.32 Å². The lowest BCUT2D eigenvalue weighted by Crippen LogP contribution is -2.32. The van der Waals surface area contributed by atoms with Crippen LogP contribution in [0.25, 0.3) is 0 Å². The molecule has 0 aromatic heterocycles. The lowest BCUT2D eigenvalue weighted by Gasteiger charge is -2.17. The van der Waals surface area contributed by atoms with Crippen molar-refractivity contribution >= 4 is 5.97 Å². The molecule has 0 amide bonds. The number of nitrogens with one attached hydrogen (secondary N) is 1. The quantitative estimate of drug-likeness (QED) is 0.672. The molecule has 2 aliphatic carbocycles. The van der Waals surface area contributed by atoms with E-state index in [4.69, 9.17) is 4.74 Å². The third-order valence-corrected chi connectivity index (χ3v) is 3.89. The number of hydrogen-bond acceptors (Lipinski definition) is 3. The maximum atomic E-state index is 11.2. The monoisotopic (exact) mass is 225 g/mol. The predicted octanol–water partition coefficient (Wildman–Crippen LogP) is 1.82. The van der Waals surface area contributed by atoms with Crippen LogP contribution in [0.5, 0.6) is 0 Å². The molecule has 0 radical (unpaired) electrons. The Balaban J connectivity index is 1.64. The molecule has 0 bridgehead atoms. The van der Waals surface area contributed by atoms with Crippen molar-refractivity contribution in [3.63, 3.8) is 0 Å². The Bertz CT molecular complexity index is 234. The molecule has 0 aromatic carbocycles. The minimum atomic E-state index is -0.109. The zero-order valence-electron chi connectivity index (χ0n) is 10.4. The molecular weight excluding hydrogens is 202 g/mol. The van der Waals surface area contributed by atoms with Crippen molar-refractivity contribution in [3.05, 3.63) is 0 Å². The molecule has 92 valence electrons.